The van der Waals surface area contributed by atoms with Gasteiger partial charge in [0.05, 0.1) is 12.0 Å². The zero-order valence-electron chi connectivity index (χ0n) is 7.18. The minimum atomic E-state index is -2.74. The maximum Gasteiger partial charge on any atom is 0.307 e. The van der Waals surface area contributed by atoms with Crippen molar-refractivity contribution in [3.8, 4) is 0 Å². The van der Waals surface area contributed by atoms with E-state index in [0.717, 1.165) is 0 Å². The van der Waals surface area contributed by atoms with Crippen LogP contribution >= 0.6 is 38.5 Å². The first-order valence-electron chi connectivity index (χ1n) is 3.76. The normalized spacial score (nSPS) is 10.7. The second-order valence-electron chi connectivity index (χ2n) is 2.68. The highest BCUT2D eigenvalue weighted by Crippen LogP contribution is 2.30. The number of hydrogen-bond acceptors (Lipinski definition) is 2. The lowest BCUT2D eigenvalue weighted by Crippen LogP contribution is -2.06. The summed E-state index contributed by atoms with van der Waals surface area (Å²) in [5.41, 5.74) is -0.262. The summed E-state index contributed by atoms with van der Waals surface area (Å²) in [4.78, 5) is 14.3. The van der Waals surface area contributed by atoms with Gasteiger partial charge in [0.2, 0.25) is 0 Å². The van der Waals surface area contributed by atoms with Gasteiger partial charge in [0.1, 0.15) is 8.30 Å². The molecule has 1 aromatic heterocycles. The highest BCUT2D eigenvalue weighted by atomic mass is 127. The lowest BCUT2D eigenvalue weighted by Gasteiger charge is -2.09. The van der Waals surface area contributed by atoms with Gasteiger partial charge in [0.25, 0.3) is 6.43 Å². The molecule has 0 aliphatic carbocycles. The molecule has 0 aliphatic rings. The topological polar surface area (TPSA) is 50.2 Å². The first-order valence-corrected chi connectivity index (χ1v) is 5.63. The molecule has 0 amide bonds. The van der Waals surface area contributed by atoms with Crippen molar-refractivity contribution >= 4 is 44.5 Å². The SMILES string of the molecule is O=C(O)Cc1cc(I)nc(Br)c1C(F)F. The molecule has 82 valence electrons. The standard InChI is InChI=1S/C8H5BrF2INO2/c9-7-6(8(10)11)3(2-5(14)15)1-4(12)13-7/h1,8H,2H2,(H,14,15). The molecule has 0 spiro atoms. The molecule has 0 atom stereocenters. The smallest absolute Gasteiger partial charge is 0.307 e. The molecule has 0 fully saturated rings. The van der Waals surface area contributed by atoms with Crippen LogP contribution < -0.4 is 0 Å². The largest absolute Gasteiger partial charge is 0.481 e. The number of halogens is 4. The fourth-order valence-electron chi connectivity index (χ4n) is 1.08. The Morgan fingerprint density at radius 3 is 2.73 bits per heavy atom. The molecule has 1 rings (SSSR count). The number of carboxylic acid groups (broad SMARTS) is 1. The van der Waals surface area contributed by atoms with Crippen LogP contribution in [-0.2, 0) is 11.2 Å². The number of carboxylic acids is 1. The zero-order valence-corrected chi connectivity index (χ0v) is 10.9. The minimum Gasteiger partial charge on any atom is -0.481 e. The second kappa shape index (κ2) is 5.15. The van der Waals surface area contributed by atoms with Gasteiger partial charge in [-0.3, -0.25) is 4.79 Å². The van der Waals surface area contributed by atoms with Crippen LogP contribution in [-0.4, -0.2) is 16.1 Å². The number of aliphatic carboxylic acids is 1. The van der Waals surface area contributed by atoms with Gasteiger partial charge in [-0.25, -0.2) is 13.8 Å². The molecule has 0 aliphatic heterocycles. The average molecular weight is 392 g/mol. The maximum atomic E-state index is 12.6. The highest BCUT2D eigenvalue weighted by Gasteiger charge is 2.20. The Labute approximate surface area is 106 Å². The van der Waals surface area contributed by atoms with Crippen LogP contribution in [0.15, 0.2) is 10.7 Å². The number of alkyl halides is 2. The number of pyridine rings is 1. The minimum absolute atomic E-state index is 0.000602. The Morgan fingerprint density at radius 2 is 2.27 bits per heavy atom. The third kappa shape index (κ3) is 3.33. The predicted octanol–water partition coefficient (Wildman–Crippen LogP) is 3.01. The third-order valence-corrected chi connectivity index (χ3v) is 2.78. The van der Waals surface area contributed by atoms with Crippen LogP contribution in [0.25, 0.3) is 0 Å². The molecule has 0 aromatic carbocycles. The molecule has 7 heteroatoms. The summed E-state index contributed by atoms with van der Waals surface area (Å²) < 4.78 is 25.7. The molecule has 0 saturated heterocycles. The Hall–Kier alpha value is -0.310. The van der Waals surface area contributed by atoms with E-state index >= 15 is 0 Å². The number of nitrogens with zero attached hydrogens (tertiary/aromatic N) is 1. The molecule has 1 aromatic rings. The van der Waals surface area contributed by atoms with Crippen molar-refractivity contribution in [2.45, 2.75) is 12.8 Å². The second-order valence-corrected chi connectivity index (χ2v) is 4.54. The Bertz CT molecular complexity index is 400. The van der Waals surface area contributed by atoms with Crippen molar-refractivity contribution in [3.05, 3.63) is 25.5 Å². The zero-order chi connectivity index (χ0) is 11.6. The van der Waals surface area contributed by atoms with Crippen molar-refractivity contribution < 1.29 is 18.7 Å². The van der Waals surface area contributed by atoms with Crippen molar-refractivity contribution in [2.24, 2.45) is 0 Å². The van der Waals surface area contributed by atoms with Crippen molar-refractivity contribution in [1.29, 1.82) is 0 Å². The maximum absolute atomic E-state index is 12.6. The quantitative estimate of drug-likeness (QED) is 0.636. The van der Waals surface area contributed by atoms with Crippen molar-refractivity contribution in [1.82, 2.24) is 4.98 Å². The highest BCUT2D eigenvalue weighted by molar-refractivity contribution is 14.1. The number of hydrogen-bond donors (Lipinski definition) is 1. The van der Waals surface area contributed by atoms with Crippen LogP contribution in [0.5, 0.6) is 0 Å². The van der Waals surface area contributed by atoms with Gasteiger partial charge in [-0.1, -0.05) is 0 Å². The van der Waals surface area contributed by atoms with Gasteiger partial charge in [0, 0.05) is 0 Å². The van der Waals surface area contributed by atoms with Gasteiger partial charge in [-0.2, -0.15) is 0 Å². The molecular formula is C8H5BrF2INO2. The fraction of sp³-hybridized carbons (Fsp3) is 0.250. The number of aromatic nitrogens is 1. The van der Waals surface area contributed by atoms with E-state index in [4.69, 9.17) is 5.11 Å². The summed E-state index contributed by atoms with van der Waals surface area (Å²) in [5.74, 6) is -1.15. The first kappa shape index (κ1) is 12.8. The molecule has 1 N–H and O–H groups in total. The summed E-state index contributed by atoms with van der Waals surface area (Å²) in [6.45, 7) is 0. The molecule has 1 heterocycles. The van der Waals surface area contributed by atoms with E-state index in [1.54, 1.807) is 0 Å². The van der Waals surface area contributed by atoms with E-state index in [0.29, 0.717) is 3.70 Å². The van der Waals surface area contributed by atoms with Crippen LogP contribution in [0.1, 0.15) is 17.6 Å². The van der Waals surface area contributed by atoms with E-state index in [1.807, 2.05) is 22.6 Å². The summed E-state index contributed by atoms with van der Waals surface area (Å²) in [7, 11) is 0. The lowest BCUT2D eigenvalue weighted by atomic mass is 10.1. The summed E-state index contributed by atoms with van der Waals surface area (Å²) >= 11 is 4.74. The van der Waals surface area contributed by atoms with Gasteiger partial charge in [0.15, 0.2) is 0 Å². The van der Waals surface area contributed by atoms with Gasteiger partial charge in [-0.15, -0.1) is 0 Å². The van der Waals surface area contributed by atoms with Crippen LogP contribution in [0.3, 0.4) is 0 Å². The first-order chi connectivity index (χ1) is 6.91. The van der Waals surface area contributed by atoms with Gasteiger partial charge < -0.3 is 5.11 Å². The number of rotatable bonds is 3. The van der Waals surface area contributed by atoms with E-state index in [9.17, 15) is 13.6 Å². The Morgan fingerprint density at radius 1 is 1.67 bits per heavy atom. The van der Waals surface area contributed by atoms with E-state index in [1.165, 1.54) is 6.07 Å². The van der Waals surface area contributed by atoms with E-state index in [2.05, 4.69) is 20.9 Å². The third-order valence-electron chi connectivity index (χ3n) is 1.63. The molecule has 3 nitrogen and oxygen atoms in total. The summed E-state index contributed by atoms with van der Waals surface area (Å²) in [6.07, 6.45) is -3.17. The molecular weight excluding hydrogens is 387 g/mol. The van der Waals surface area contributed by atoms with Gasteiger partial charge in [-0.05, 0) is 50.2 Å². The molecule has 0 bridgehead atoms. The lowest BCUT2D eigenvalue weighted by molar-refractivity contribution is -0.136. The Balaban J connectivity index is 3.26. The van der Waals surface area contributed by atoms with E-state index < -0.39 is 18.8 Å². The van der Waals surface area contributed by atoms with Crippen molar-refractivity contribution in [3.63, 3.8) is 0 Å². The van der Waals surface area contributed by atoms with Crippen molar-refractivity contribution in [2.75, 3.05) is 0 Å². The van der Waals surface area contributed by atoms with Gasteiger partial charge >= 0.3 is 5.97 Å². The molecule has 0 unspecified atom stereocenters. The monoisotopic (exact) mass is 391 g/mol. The Kier molecular flexibility index (Phi) is 4.38. The summed E-state index contributed by atoms with van der Waals surface area (Å²) in [5, 5.41) is 8.57. The fourth-order valence-corrected chi connectivity index (χ4v) is 2.65. The number of carbonyl (C=O) groups is 1. The van der Waals surface area contributed by atoms with Crippen LogP contribution in [0, 0.1) is 3.70 Å². The van der Waals surface area contributed by atoms with Crippen LogP contribution in [0.4, 0.5) is 8.78 Å². The van der Waals surface area contributed by atoms with E-state index in [-0.39, 0.29) is 15.7 Å². The average Bonchev–Trinajstić information content (AvgIpc) is 1.99. The molecule has 0 saturated carbocycles. The molecule has 15 heavy (non-hydrogen) atoms. The van der Waals surface area contributed by atoms with Crippen LogP contribution in [0.2, 0.25) is 0 Å². The molecule has 0 radical (unpaired) electrons. The summed E-state index contributed by atoms with van der Waals surface area (Å²) in [6, 6.07) is 1.35. The predicted molar refractivity (Wildman–Crippen MR) is 61.0 cm³/mol.